The van der Waals surface area contributed by atoms with Crippen molar-refractivity contribution in [2.45, 2.75) is 25.9 Å². The van der Waals surface area contributed by atoms with Crippen LogP contribution in [0.5, 0.6) is 0 Å². The van der Waals surface area contributed by atoms with Gasteiger partial charge in [0.25, 0.3) is 0 Å². The van der Waals surface area contributed by atoms with Crippen LogP contribution in [0.2, 0.25) is 5.02 Å². The molecule has 0 aliphatic heterocycles. The molecule has 0 aromatic carbocycles. The zero-order chi connectivity index (χ0) is 10.9. The summed E-state index contributed by atoms with van der Waals surface area (Å²) in [6, 6.07) is 1.31. The Labute approximate surface area is 84.9 Å². The Balaban J connectivity index is 3.29. The molecule has 0 N–H and O–H groups in total. The predicted molar refractivity (Wildman–Crippen MR) is 48.3 cm³/mol. The van der Waals surface area contributed by atoms with E-state index in [1.54, 1.807) is 13.8 Å². The van der Waals surface area contributed by atoms with Gasteiger partial charge in [0, 0.05) is 6.20 Å². The first-order chi connectivity index (χ1) is 6.32. The lowest BCUT2D eigenvalue weighted by Gasteiger charge is -2.14. The van der Waals surface area contributed by atoms with E-state index in [-0.39, 0.29) is 16.5 Å². The van der Waals surface area contributed by atoms with Gasteiger partial charge in [0.2, 0.25) is 0 Å². The largest absolute Gasteiger partial charge is 0.433 e. The van der Waals surface area contributed by atoms with Gasteiger partial charge in [0.05, 0.1) is 5.02 Å². The van der Waals surface area contributed by atoms with E-state index in [1.807, 2.05) is 0 Å². The van der Waals surface area contributed by atoms with Crippen LogP contribution in [0.25, 0.3) is 0 Å². The average molecular weight is 224 g/mol. The molecule has 0 radical (unpaired) electrons. The number of aromatic nitrogens is 1. The van der Waals surface area contributed by atoms with Gasteiger partial charge in [-0.3, -0.25) is 0 Å². The van der Waals surface area contributed by atoms with Crippen molar-refractivity contribution < 1.29 is 13.2 Å². The molecule has 0 fully saturated rings. The van der Waals surface area contributed by atoms with Gasteiger partial charge in [0.15, 0.2) is 0 Å². The molecule has 1 rings (SSSR count). The van der Waals surface area contributed by atoms with Gasteiger partial charge in [0.1, 0.15) is 5.69 Å². The van der Waals surface area contributed by atoms with Crippen LogP contribution in [0.15, 0.2) is 12.3 Å². The van der Waals surface area contributed by atoms with E-state index < -0.39 is 11.9 Å². The molecule has 0 saturated carbocycles. The van der Waals surface area contributed by atoms with Crippen molar-refractivity contribution in [1.29, 1.82) is 0 Å². The third-order valence-electron chi connectivity index (χ3n) is 1.77. The smallest absolute Gasteiger partial charge is 0.250 e. The number of hydrogen-bond acceptors (Lipinski definition) is 1. The minimum Gasteiger partial charge on any atom is -0.250 e. The van der Waals surface area contributed by atoms with Crippen LogP contribution in [-0.4, -0.2) is 4.98 Å². The van der Waals surface area contributed by atoms with Crippen LogP contribution in [0, 0.1) is 0 Å². The maximum absolute atomic E-state index is 12.4. The Morgan fingerprint density at radius 3 is 2.36 bits per heavy atom. The minimum absolute atomic E-state index is 0.130. The molecule has 0 aliphatic rings. The Kier molecular flexibility index (Phi) is 3.04. The highest BCUT2D eigenvalue weighted by Gasteiger charge is 2.35. The quantitative estimate of drug-likeness (QED) is 0.704. The van der Waals surface area contributed by atoms with Crippen LogP contribution >= 0.6 is 11.6 Å². The second-order valence-corrected chi connectivity index (χ2v) is 3.68. The van der Waals surface area contributed by atoms with Gasteiger partial charge in [-0.15, -0.1) is 0 Å². The van der Waals surface area contributed by atoms with Crippen LogP contribution < -0.4 is 0 Å². The lowest BCUT2D eigenvalue weighted by atomic mass is 10.0. The Morgan fingerprint density at radius 2 is 1.93 bits per heavy atom. The first-order valence-electron chi connectivity index (χ1n) is 4.05. The minimum atomic E-state index is -4.41. The molecule has 1 aromatic rings. The molecule has 1 heterocycles. The second-order valence-electron chi connectivity index (χ2n) is 3.24. The fraction of sp³-hybridized carbons (Fsp3) is 0.444. The number of rotatable bonds is 1. The summed E-state index contributed by atoms with van der Waals surface area (Å²) < 4.78 is 37.3. The molecule has 0 bridgehead atoms. The van der Waals surface area contributed by atoms with E-state index in [4.69, 9.17) is 11.6 Å². The van der Waals surface area contributed by atoms with Crippen LogP contribution in [0.1, 0.15) is 31.0 Å². The molecule has 5 heteroatoms. The molecule has 1 nitrogen and oxygen atoms in total. The third kappa shape index (κ3) is 2.38. The maximum Gasteiger partial charge on any atom is 0.433 e. The summed E-state index contributed by atoms with van der Waals surface area (Å²) in [5, 5.41) is 0.224. The van der Waals surface area contributed by atoms with Gasteiger partial charge in [-0.2, -0.15) is 13.2 Å². The average Bonchev–Trinajstić information content (AvgIpc) is 2.01. The predicted octanol–water partition coefficient (Wildman–Crippen LogP) is 3.88. The Hall–Kier alpha value is -0.770. The maximum atomic E-state index is 12.4. The molecule has 0 spiro atoms. The summed E-state index contributed by atoms with van der Waals surface area (Å²) in [6.45, 7) is 3.34. The number of pyridine rings is 1. The second kappa shape index (κ2) is 3.77. The van der Waals surface area contributed by atoms with E-state index >= 15 is 0 Å². The fourth-order valence-electron chi connectivity index (χ4n) is 1.13. The van der Waals surface area contributed by atoms with Gasteiger partial charge >= 0.3 is 6.18 Å². The molecule has 1 aromatic heterocycles. The van der Waals surface area contributed by atoms with Gasteiger partial charge in [-0.1, -0.05) is 25.4 Å². The molecular formula is C9H9ClF3N. The zero-order valence-corrected chi connectivity index (χ0v) is 8.45. The van der Waals surface area contributed by atoms with Crippen molar-refractivity contribution in [1.82, 2.24) is 4.98 Å². The summed E-state index contributed by atoms with van der Waals surface area (Å²) in [5.41, 5.74) is -0.720. The van der Waals surface area contributed by atoms with Crippen molar-refractivity contribution in [3.63, 3.8) is 0 Å². The van der Waals surface area contributed by atoms with Gasteiger partial charge in [-0.05, 0) is 17.5 Å². The SMILES string of the molecule is CC(C)c1cc(Cl)cnc1C(F)(F)F. The normalized spacial score (nSPS) is 12.2. The van der Waals surface area contributed by atoms with Crippen LogP contribution in [-0.2, 0) is 6.18 Å². The lowest BCUT2D eigenvalue weighted by Crippen LogP contribution is -2.12. The number of alkyl halides is 3. The summed E-state index contributed by atoms with van der Waals surface area (Å²) in [7, 11) is 0. The van der Waals surface area contributed by atoms with Crippen molar-refractivity contribution in [2.24, 2.45) is 0 Å². The van der Waals surface area contributed by atoms with Crippen molar-refractivity contribution in [3.05, 3.63) is 28.5 Å². The van der Waals surface area contributed by atoms with E-state index in [0.29, 0.717) is 0 Å². The number of nitrogens with zero attached hydrogens (tertiary/aromatic N) is 1. The van der Waals surface area contributed by atoms with Crippen molar-refractivity contribution >= 4 is 11.6 Å². The topological polar surface area (TPSA) is 12.9 Å². The van der Waals surface area contributed by atoms with Crippen LogP contribution in [0.4, 0.5) is 13.2 Å². The first kappa shape index (κ1) is 11.3. The van der Waals surface area contributed by atoms with E-state index in [2.05, 4.69) is 4.98 Å². The molecule has 0 atom stereocenters. The first-order valence-corrected chi connectivity index (χ1v) is 4.43. The van der Waals surface area contributed by atoms with Crippen molar-refractivity contribution in [3.8, 4) is 0 Å². The molecule has 78 valence electrons. The highest BCUT2D eigenvalue weighted by molar-refractivity contribution is 6.30. The van der Waals surface area contributed by atoms with E-state index in [9.17, 15) is 13.2 Å². The molecule has 0 unspecified atom stereocenters. The zero-order valence-electron chi connectivity index (χ0n) is 7.69. The molecule has 0 amide bonds. The Morgan fingerprint density at radius 1 is 1.36 bits per heavy atom. The van der Waals surface area contributed by atoms with E-state index in [0.717, 1.165) is 6.20 Å². The van der Waals surface area contributed by atoms with Crippen molar-refractivity contribution in [2.75, 3.05) is 0 Å². The number of hydrogen-bond donors (Lipinski definition) is 0. The summed E-state index contributed by atoms with van der Waals surface area (Å²) in [6.07, 6.45) is -3.40. The summed E-state index contributed by atoms with van der Waals surface area (Å²) >= 11 is 5.58. The highest BCUT2D eigenvalue weighted by Crippen LogP contribution is 2.34. The monoisotopic (exact) mass is 223 g/mol. The van der Waals surface area contributed by atoms with Gasteiger partial charge in [-0.25, -0.2) is 4.98 Å². The lowest BCUT2D eigenvalue weighted by molar-refractivity contribution is -0.142. The molecule has 0 saturated heterocycles. The summed E-state index contributed by atoms with van der Waals surface area (Å²) in [4.78, 5) is 3.31. The number of halogens is 4. The molecule has 14 heavy (non-hydrogen) atoms. The molecule has 0 aliphatic carbocycles. The molecular weight excluding hydrogens is 215 g/mol. The van der Waals surface area contributed by atoms with Crippen LogP contribution in [0.3, 0.4) is 0 Å². The third-order valence-corrected chi connectivity index (χ3v) is 1.98. The fourth-order valence-corrected chi connectivity index (χ4v) is 1.30. The standard InChI is InChI=1S/C9H9ClF3N/c1-5(2)7-3-6(10)4-14-8(7)9(11,12)13/h3-5H,1-2H3. The Bertz CT molecular complexity index is 333. The van der Waals surface area contributed by atoms with Gasteiger partial charge < -0.3 is 0 Å². The highest BCUT2D eigenvalue weighted by atomic mass is 35.5. The van der Waals surface area contributed by atoms with E-state index in [1.165, 1.54) is 6.07 Å². The summed E-state index contributed by atoms with van der Waals surface area (Å²) in [5.74, 6) is -0.252.